The van der Waals surface area contributed by atoms with Gasteiger partial charge in [-0.25, -0.2) is 8.42 Å². The largest absolute Gasteiger partial charge is 0.319 e. The highest BCUT2D eigenvalue weighted by Crippen LogP contribution is 2.34. The molecule has 0 saturated heterocycles. The van der Waals surface area contributed by atoms with Gasteiger partial charge in [0.1, 0.15) is 0 Å². The molecule has 1 aliphatic carbocycles. The predicted octanol–water partition coefficient (Wildman–Crippen LogP) is 2.23. The fraction of sp³-hybridized carbons (Fsp3) is 1.00. The first-order valence-corrected chi connectivity index (χ1v) is 8.30. The quantitative estimate of drug-likeness (QED) is 0.825. The Kier molecular flexibility index (Phi) is 5.02. The van der Waals surface area contributed by atoms with Crippen molar-refractivity contribution in [3.8, 4) is 0 Å². The molecule has 3 nitrogen and oxygen atoms in total. The maximum absolute atomic E-state index is 12.1. The van der Waals surface area contributed by atoms with Gasteiger partial charge in [0.05, 0.1) is 10.5 Å². The maximum Gasteiger partial charge on any atom is 0.155 e. The zero-order valence-electron chi connectivity index (χ0n) is 11.6. The number of hydrogen-bond acceptors (Lipinski definition) is 3. The molecule has 0 amide bonds. The van der Waals surface area contributed by atoms with Crippen LogP contribution in [0.1, 0.15) is 46.5 Å². The Labute approximate surface area is 106 Å². The van der Waals surface area contributed by atoms with Gasteiger partial charge in [0.25, 0.3) is 0 Å². The van der Waals surface area contributed by atoms with Gasteiger partial charge in [0.2, 0.25) is 0 Å². The predicted molar refractivity (Wildman–Crippen MR) is 72.9 cm³/mol. The minimum Gasteiger partial charge on any atom is -0.319 e. The van der Waals surface area contributed by atoms with E-state index in [-0.39, 0.29) is 0 Å². The van der Waals surface area contributed by atoms with Crippen LogP contribution in [-0.2, 0) is 9.84 Å². The average Bonchev–Trinajstić information content (AvgIpc) is 2.61. The fourth-order valence-corrected chi connectivity index (χ4v) is 3.86. The Morgan fingerprint density at radius 2 is 1.76 bits per heavy atom. The lowest BCUT2D eigenvalue weighted by molar-refractivity contribution is 0.366. The van der Waals surface area contributed by atoms with Gasteiger partial charge in [0.15, 0.2) is 9.84 Å². The second kappa shape index (κ2) is 5.70. The highest BCUT2D eigenvalue weighted by atomic mass is 32.2. The molecule has 102 valence electrons. The number of nitrogens with one attached hydrogen (secondary N) is 1. The minimum atomic E-state index is -2.94. The van der Waals surface area contributed by atoms with E-state index in [4.69, 9.17) is 0 Å². The SMILES string of the molecule is CNCC1CCCC1CCS(=O)(=O)C(C)(C)C. The van der Waals surface area contributed by atoms with E-state index in [1.54, 1.807) is 20.8 Å². The lowest BCUT2D eigenvalue weighted by Crippen LogP contribution is -2.32. The lowest BCUT2D eigenvalue weighted by atomic mass is 9.94. The summed E-state index contributed by atoms with van der Waals surface area (Å²) in [4.78, 5) is 0. The molecule has 1 fully saturated rings. The van der Waals surface area contributed by atoms with Crippen LogP contribution in [0.2, 0.25) is 0 Å². The van der Waals surface area contributed by atoms with Gasteiger partial charge in [-0.1, -0.05) is 12.8 Å². The van der Waals surface area contributed by atoms with Crippen LogP contribution in [-0.4, -0.2) is 32.5 Å². The van der Waals surface area contributed by atoms with Gasteiger partial charge >= 0.3 is 0 Å². The fourth-order valence-electron chi connectivity index (χ4n) is 2.64. The molecular weight excluding hydrogens is 234 g/mol. The Balaban J connectivity index is 2.51. The van der Waals surface area contributed by atoms with Crippen molar-refractivity contribution in [2.75, 3.05) is 19.3 Å². The van der Waals surface area contributed by atoms with Crippen molar-refractivity contribution in [2.45, 2.75) is 51.2 Å². The smallest absolute Gasteiger partial charge is 0.155 e. The first-order valence-electron chi connectivity index (χ1n) is 6.65. The van der Waals surface area contributed by atoms with Gasteiger partial charge in [-0.05, 0) is 59.0 Å². The topological polar surface area (TPSA) is 46.2 Å². The van der Waals surface area contributed by atoms with E-state index in [0.717, 1.165) is 13.0 Å². The molecule has 0 bridgehead atoms. The minimum absolute atomic E-state index is 0.349. The monoisotopic (exact) mass is 261 g/mol. The normalized spacial score (nSPS) is 26.4. The summed E-state index contributed by atoms with van der Waals surface area (Å²) in [6.07, 6.45) is 4.55. The first kappa shape index (κ1) is 15.0. The van der Waals surface area contributed by atoms with E-state index in [0.29, 0.717) is 17.6 Å². The average molecular weight is 261 g/mol. The van der Waals surface area contributed by atoms with E-state index in [2.05, 4.69) is 5.32 Å². The molecular formula is C13H27NO2S. The van der Waals surface area contributed by atoms with Crippen molar-refractivity contribution < 1.29 is 8.42 Å². The first-order chi connectivity index (χ1) is 7.78. The third kappa shape index (κ3) is 3.95. The molecule has 1 N–H and O–H groups in total. The van der Waals surface area contributed by atoms with Crippen LogP contribution in [0.3, 0.4) is 0 Å². The van der Waals surface area contributed by atoms with E-state index >= 15 is 0 Å². The van der Waals surface area contributed by atoms with Crippen LogP contribution in [0, 0.1) is 11.8 Å². The number of rotatable bonds is 5. The molecule has 0 aromatic rings. The molecule has 0 heterocycles. The van der Waals surface area contributed by atoms with Crippen LogP contribution in [0.5, 0.6) is 0 Å². The van der Waals surface area contributed by atoms with Gasteiger partial charge in [-0.2, -0.15) is 0 Å². The molecule has 17 heavy (non-hydrogen) atoms. The second-order valence-electron chi connectivity index (χ2n) is 6.23. The summed E-state index contributed by atoms with van der Waals surface area (Å²) in [5.41, 5.74) is 0. The van der Waals surface area contributed by atoms with Crippen molar-refractivity contribution in [3.63, 3.8) is 0 Å². The van der Waals surface area contributed by atoms with E-state index < -0.39 is 14.6 Å². The highest BCUT2D eigenvalue weighted by molar-refractivity contribution is 7.92. The standard InChI is InChI=1S/C13H27NO2S/c1-13(2,3)17(15,16)9-8-11-6-5-7-12(11)10-14-4/h11-12,14H,5-10H2,1-4H3. The summed E-state index contributed by atoms with van der Waals surface area (Å²) in [5, 5.41) is 3.22. The number of sulfone groups is 1. The Hall–Kier alpha value is -0.0900. The second-order valence-corrected chi connectivity index (χ2v) is 9.09. The van der Waals surface area contributed by atoms with Crippen LogP contribution in [0.25, 0.3) is 0 Å². The number of hydrogen-bond donors (Lipinski definition) is 1. The molecule has 0 spiro atoms. The van der Waals surface area contributed by atoms with Gasteiger partial charge < -0.3 is 5.32 Å². The van der Waals surface area contributed by atoms with Crippen molar-refractivity contribution >= 4 is 9.84 Å². The molecule has 0 aliphatic heterocycles. The summed E-state index contributed by atoms with van der Waals surface area (Å²) >= 11 is 0. The van der Waals surface area contributed by atoms with E-state index in [9.17, 15) is 8.42 Å². The highest BCUT2D eigenvalue weighted by Gasteiger charge is 2.32. The summed E-state index contributed by atoms with van der Waals surface area (Å²) in [6, 6.07) is 0. The van der Waals surface area contributed by atoms with Gasteiger partial charge in [-0.3, -0.25) is 0 Å². The van der Waals surface area contributed by atoms with Crippen LogP contribution in [0.15, 0.2) is 0 Å². The molecule has 0 radical (unpaired) electrons. The van der Waals surface area contributed by atoms with Crippen molar-refractivity contribution in [3.05, 3.63) is 0 Å². The molecule has 1 aliphatic rings. The van der Waals surface area contributed by atoms with Gasteiger partial charge in [-0.15, -0.1) is 0 Å². The summed E-state index contributed by atoms with van der Waals surface area (Å²) in [5.74, 6) is 1.62. The maximum atomic E-state index is 12.1. The third-order valence-electron chi connectivity index (χ3n) is 3.97. The van der Waals surface area contributed by atoms with E-state index in [1.165, 1.54) is 19.3 Å². The molecule has 1 saturated carbocycles. The summed E-state index contributed by atoms with van der Waals surface area (Å²) in [7, 11) is -0.970. The summed E-state index contributed by atoms with van der Waals surface area (Å²) < 4.78 is 23.5. The zero-order chi connectivity index (χ0) is 13.1. The van der Waals surface area contributed by atoms with Crippen molar-refractivity contribution in [1.29, 1.82) is 0 Å². The molecule has 2 atom stereocenters. The van der Waals surface area contributed by atoms with Crippen LogP contribution in [0.4, 0.5) is 0 Å². The van der Waals surface area contributed by atoms with Crippen molar-refractivity contribution in [1.82, 2.24) is 5.32 Å². The molecule has 0 aromatic heterocycles. The van der Waals surface area contributed by atoms with Gasteiger partial charge in [0, 0.05) is 0 Å². The van der Waals surface area contributed by atoms with Crippen LogP contribution >= 0.6 is 0 Å². The Morgan fingerprint density at radius 1 is 1.18 bits per heavy atom. The lowest BCUT2D eigenvalue weighted by Gasteiger charge is -2.23. The Bertz CT molecular complexity index is 330. The Morgan fingerprint density at radius 3 is 2.29 bits per heavy atom. The van der Waals surface area contributed by atoms with Crippen molar-refractivity contribution in [2.24, 2.45) is 11.8 Å². The van der Waals surface area contributed by atoms with Crippen LogP contribution < -0.4 is 5.32 Å². The molecule has 0 aromatic carbocycles. The third-order valence-corrected chi connectivity index (χ3v) is 6.61. The molecule has 2 unspecified atom stereocenters. The molecule has 1 rings (SSSR count). The molecule has 4 heteroatoms. The zero-order valence-corrected chi connectivity index (χ0v) is 12.4. The summed E-state index contributed by atoms with van der Waals surface area (Å²) in [6.45, 7) is 6.41. The van der Waals surface area contributed by atoms with E-state index in [1.807, 2.05) is 7.05 Å².